The van der Waals surface area contributed by atoms with E-state index in [4.69, 9.17) is 0 Å². The Morgan fingerprint density at radius 2 is 1.94 bits per heavy atom. The van der Waals surface area contributed by atoms with E-state index in [1.54, 1.807) is 30.1 Å². The SMILES string of the molecule is Cc1nn(C)cc1[C@H](C(=O)NC1CCCCC1)N(C(=O)Cc1cccs1)c1ccc(F)cc1. The third kappa shape index (κ3) is 5.50. The van der Waals surface area contributed by atoms with Gasteiger partial charge in [-0.25, -0.2) is 4.39 Å². The van der Waals surface area contributed by atoms with Gasteiger partial charge in [0, 0.05) is 35.4 Å². The highest BCUT2D eigenvalue weighted by Crippen LogP contribution is 2.31. The topological polar surface area (TPSA) is 67.2 Å². The normalized spacial score (nSPS) is 15.2. The highest BCUT2D eigenvalue weighted by atomic mass is 32.1. The maximum absolute atomic E-state index is 13.7. The Labute approximate surface area is 197 Å². The van der Waals surface area contributed by atoms with Gasteiger partial charge in [-0.05, 0) is 55.5 Å². The summed E-state index contributed by atoms with van der Waals surface area (Å²) in [6, 6.07) is 8.71. The number of anilines is 1. The molecule has 0 radical (unpaired) electrons. The predicted octanol–water partition coefficient (Wildman–Crippen LogP) is 4.70. The lowest BCUT2D eigenvalue weighted by molar-refractivity contribution is -0.127. The molecule has 1 N–H and O–H groups in total. The predicted molar refractivity (Wildman–Crippen MR) is 128 cm³/mol. The van der Waals surface area contributed by atoms with E-state index in [1.807, 2.05) is 24.4 Å². The molecule has 174 valence electrons. The molecule has 1 fully saturated rings. The van der Waals surface area contributed by atoms with Crippen LogP contribution in [0.1, 0.15) is 54.3 Å². The number of thiophene rings is 1. The smallest absolute Gasteiger partial charge is 0.248 e. The van der Waals surface area contributed by atoms with Crippen molar-refractivity contribution in [3.05, 3.63) is 69.9 Å². The van der Waals surface area contributed by atoms with Crippen LogP contribution >= 0.6 is 11.3 Å². The minimum absolute atomic E-state index is 0.0909. The number of rotatable bonds is 7. The summed E-state index contributed by atoms with van der Waals surface area (Å²) in [4.78, 5) is 29.8. The van der Waals surface area contributed by atoms with E-state index in [0.29, 0.717) is 16.9 Å². The molecule has 33 heavy (non-hydrogen) atoms. The van der Waals surface area contributed by atoms with Crippen molar-refractivity contribution >= 4 is 28.8 Å². The summed E-state index contributed by atoms with van der Waals surface area (Å²) in [5.74, 6) is -0.858. The first-order valence-corrected chi connectivity index (χ1v) is 12.2. The molecule has 1 atom stereocenters. The van der Waals surface area contributed by atoms with Crippen molar-refractivity contribution < 1.29 is 14.0 Å². The van der Waals surface area contributed by atoms with Gasteiger partial charge in [0.1, 0.15) is 11.9 Å². The number of amides is 2. The third-order valence-corrected chi connectivity index (χ3v) is 6.96. The van der Waals surface area contributed by atoms with Crippen LogP contribution in [0.15, 0.2) is 48.0 Å². The molecule has 8 heteroatoms. The fraction of sp³-hybridized carbons (Fsp3) is 0.400. The van der Waals surface area contributed by atoms with Gasteiger partial charge in [-0.2, -0.15) is 5.10 Å². The number of aryl methyl sites for hydroxylation is 2. The van der Waals surface area contributed by atoms with E-state index in [1.165, 1.54) is 34.8 Å². The highest BCUT2D eigenvalue weighted by molar-refractivity contribution is 7.10. The standard InChI is InChI=1S/C25H29FN4O2S/c1-17-22(16-29(2)28-17)24(25(32)27-19-7-4-3-5-8-19)30(20-12-10-18(26)11-13-20)23(31)15-21-9-6-14-33-21/h6,9-14,16,19,24H,3-5,7-8,15H2,1-2H3,(H,27,32)/t24-/m1/s1. The van der Waals surface area contributed by atoms with Gasteiger partial charge in [0.05, 0.1) is 12.1 Å². The molecule has 0 saturated heterocycles. The number of nitrogens with zero attached hydrogens (tertiary/aromatic N) is 3. The zero-order chi connectivity index (χ0) is 23.4. The van der Waals surface area contributed by atoms with Crippen molar-refractivity contribution in [2.24, 2.45) is 7.05 Å². The van der Waals surface area contributed by atoms with Crippen LogP contribution < -0.4 is 10.2 Å². The van der Waals surface area contributed by atoms with E-state index in [-0.39, 0.29) is 24.3 Å². The molecule has 3 aromatic rings. The monoisotopic (exact) mass is 468 g/mol. The molecule has 4 rings (SSSR count). The lowest BCUT2D eigenvalue weighted by atomic mass is 9.94. The Hall–Kier alpha value is -3.00. The van der Waals surface area contributed by atoms with E-state index in [2.05, 4.69) is 10.4 Å². The summed E-state index contributed by atoms with van der Waals surface area (Å²) in [6.45, 7) is 1.84. The van der Waals surface area contributed by atoms with E-state index in [9.17, 15) is 14.0 Å². The Balaban J connectivity index is 1.75. The van der Waals surface area contributed by atoms with E-state index >= 15 is 0 Å². The van der Waals surface area contributed by atoms with Crippen LogP contribution in [0.5, 0.6) is 0 Å². The van der Waals surface area contributed by atoms with Gasteiger partial charge in [-0.15, -0.1) is 11.3 Å². The molecule has 2 amide bonds. The zero-order valence-corrected chi connectivity index (χ0v) is 19.8. The number of nitrogens with one attached hydrogen (secondary N) is 1. The van der Waals surface area contributed by atoms with Crippen LogP contribution in [0.25, 0.3) is 0 Å². The number of hydrogen-bond acceptors (Lipinski definition) is 4. The number of aromatic nitrogens is 2. The summed E-state index contributed by atoms with van der Waals surface area (Å²) in [5, 5.41) is 9.54. The van der Waals surface area contributed by atoms with Crippen molar-refractivity contribution in [1.29, 1.82) is 0 Å². The lowest BCUT2D eigenvalue weighted by Gasteiger charge is -2.33. The number of carbonyl (C=O) groups excluding carboxylic acids is 2. The van der Waals surface area contributed by atoms with E-state index in [0.717, 1.165) is 30.6 Å². The van der Waals surface area contributed by atoms with Crippen LogP contribution in [0.3, 0.4) is 0 Å². The molecular formula is C25H29FN4O2S. The molecule has 0 unspecified atom stereocenters. The van der Waals surface area contributed by atoms with Crippen LogP contribution in [0.2, 0.25) is 0 Å². The fourth-order valence-corrected chi connectivity index (χ4v) is 5.19. The summed E-state index contributed by atoms with van der Waals surface area (Å²) in [6.07, 6.45) is 7.16. The largest absolute Gasteiger partial charge is 0.351 e. The number of hydrogen-bond donors (Lipinski definition) is 1. The average Bonchev–Trinajstić information content (AvgIpc) is 3.42. The van der Waals surface area contributed by atoms with Gasteiger partial charge in [0.2, 0.25) is 11.8 Å². The van der Waals surface area contributed by atoms with Gasteiger partial charge in [0.25, 0.3) is 0 Å². The minimum atomic E-state index is -0.904. The second kappa shape index (κ2) is 10.3. The summed E-state index contributed by atoms with van der Waals surface area (Å²) >= 11 is 1.49. The Kier molecular flexibility index (Phi) is 7.23. The van der Waals surface area contributed by atoms with Gasteiger partial charge in [-0.3, -0.25) is 19.2 Å². The van der Waals surface area contributed by atoms with Gasteiger partial charge in [0.15, 0.2) is 0 Å². The minimum Gasteiger partial charge on any atom is -0.351 e. The van der Waals surface area contributed by atoms with Crippen molar-refractivity contribution in [2.45, 2.75) is 57.5 Å². The van der Waals surface area contributed by atoms with Gasteiger partial charge < -0.3 is 5.32 Å². The second-order valence-corrected chi connectivity index (χ2v) is 9.62. The first-order chi connectivity index (χ1) is 15.9. The van der Waals surface area contributed by atoms with Crippen LogP contribution in [-0.2, 0) is 23.1 Å². The number of benzene rings is 1. The molecule has 1 saturated carbocycles. The van der Waals surface area contributed by atoms with Crippen LogP contribution in [-0.4, -0.2) is 27.6 Å². The fourth-order valence-electron chi connectivity index (χ4n) is 4.50. The van der Waals surface area contributed by atoms with Gasteiger partial charge in [-0.1, -0.05) is 25.3 Å². The molecule has 0 spiro atoms. The Morgan fingerprint density at radius 1 is 1.21 bits per heavy atom. The van der Waals surface area contributed by atoms with Crippen molar-refractivity contribution in [3.8, 4) is 0 Å². The lowest BCUT2D eigenvalue weighted by Crippen LogP contribution is -2.47. The third-order valence-electron chi connectivity index (χ3n) is 6.08. The highest BCUT2D eigenvalue weighted by Gasteiger charge is 2.36. The maximum Gasteiger partial charge on any atom is 0.248 e. The average molecular weight is 469 g/mol. The number of halogens is 1. The molecule has 6 nitrogen and oxygen atoms in total. The summed E-state index contributed by atoms with van der Waals surface area (Å²) < 4.78 is 15.4. The Morgan fingerprint density at radius 3 is 2.55 bits per heavy atom. The quantitative estimate of drug-likeness (QED) is 0.547. The maximum atomic E-state index is 13.7. The van der Waals surface area contributed by atoms with Crippen LogP contribution in [0, 0.1) is 12.7 Å². The van der Waals surface area contributed by atoms with E-state index < -0.39 is 11.9 Å². The molecule has 1 aliphatic rings. The second-order valence-electron chi connectivity index (χ2n) is 8.59. The zero-order valence-electron chi connectivity index (χ0n) is 19.0. The molecule has 1 aromatic carbocycles. The first-order valence-electron chi connectivity index (χ1n) is 11.3. The van der Waals surface area contributed by atoms with Crippen molar-refractivity contribution in [2.75, 3.05) is 4.90 Å². The first kappa shape index (κ1) is 23.2. The summed E-state index contributed by atoms with van der Waals surface area (Å²) in [7, 11) is 1.79. The molecule has 1 aliphatic carbocycles. The van der Waals surface area contributed by atoms with Crippen molar-refractivity contribution in [1.82, 2.24) is 15.1 Å². The molecule has 0 bridgehead atoms. The van der Waals surface area contributed by atoms with Crippen LogP contribution in [0.4, 0.5) is 10.1 Å². The summed E-state index contributed by atoms with van der Waals surface area (Å²) in [5.41, 5.74) is 1.82. The van der Waals surface area contributed by atoms with Gasteiger partial charge >= 0.3 is 0 Å². The molecule has 2 heterocycles. The van der Waals surface area contributed by atoms with Crippen molar-refractivity contribution in [3.63, 3.8) is 0 Å². The number of carbonyl (C=O) groups is 2. The Bertz CT molecular complexity index is 1090. The molecular weight excluding hydrogens is 439 g/mol. The molecule has 2 aromatic heterocycles. The molecule has 0 aliphatic heterocycles.